The van der Waals surface area contributed by atoms with Crippen LogP contribution in [0, 0.1) is 0 Å². The molecule has 0 aliphatic rings. The van der Waals surface area contributed by atoms with E-state index < -0.39 is 0 Å². The van der Waals surface area contributed by atoms with E-state index in [0.29, 0.717) is 12.0 Å². The number of aliphatic hydroxyl groups is 1. The lowest BCUT2D eigenvalue weighted by atomic mass is 9.99. The fourth-order valence-corrected chi connectivity index (χ4v) is 1.80. The van der Waals surface area contributed by atoms with Gasteiger partial charge in [-0.15, -0.1) is 0 Å². The zero-order chi connectivity index (χ0) is 12.8. The molecule has 2 atom stereocenters. The molecule has 0 fully saturated rings. The van der Waals surface area contributed by atoms with E-state index in [4.69, 9.17) is 0 Å². The average Bonchev–Trinajstić information content (AvgIpc) is 2.28. The minimum absolute atomic E-state index is 0.224. The zero-order valence-electron chi connectivity index (χ0n) is 11.4. The molecule has 1 aromatic carbocycles. The van der Waals surface area contributed by atoms with Crippen molar-refractivity contribution in [3.8, 4) is 0 Å². The number of hydrogen-bond acceptors (Lipinski definition) is 2. The fraction of sp³-hybridized carbons (Fsp3) is 0.600. The highest BCUT2D eigenvalue weighted by molar-refractivity contribution is 5.26. The molecule has 0 radical (unpaired) electrons. The van der Waals surface area contributed by atoms with Crippen molar-refractivity contribution in [2.75, 3.05) is 6.54 Å². The number of benzene rings is 1. The van der Waals surface area contributed by atoms with Crippen LogP contribution in [0.3, 0.4) is 0 Å². The maximum atomic E-state index is 9.19. The monoisotopic (exact) mass is 235 g/mol. The van der Waals surface area contributed by atoms with Gasteiger partial charge in [-0.1, -0.05) is 38.1 Å². The molecule has 0 heterocycles. The van der Waals surface area contributed by atoms with Gasteiger partial charge in [0.2, 0.25) is 0 Å². The molecule has 0 aliphatic heterocycles. The van der Waals surface area contributed by atoms with Crippen LogP contribution in [0.1, 0.15) is 57.2 Å². The van der Waals surface area contributed by atoms with Crippen molar-refractivity contribution in [2.45, 2.75) is 52.2 Å². The SMILES string of the molecule is CC(O)CCNC(C)c1ccc(C(C)C)cc1. The van der Waals surface area contributed by atoms with Gasteiger partial charge in [-0.25, -0.2) is 0 Å². The third kappa shape index (κ3) is 4.88. The van der Waals surface area contributed by atoms with E-state index in [1.54, 1.807) is 0 Å². The number of hydrogen-bond donors (Lipinski definition) is 2. The summed E-state index contributed by atoms with van der Waals surface area (Å²) in [6.07, 6.45) is 0.576. The fourth-order valence-electron chi connectivity index (χ4n) is 1.80. The highest BCUT2D eigenvalue weighted by Crippen LogP contribution is 2.18. The molecule has 1 aromatic rings. The predicted molar refractivity (Wildman–Crippen MR) is 73.2 cm³/mol. The van der Waals surface area contributed by atoms with E-state index in [2.05, 4.69) is 50.4 Å². The van der Waals surface area contributed by atoms with Crippen LogP contribution >= 0.6 is 0 Å². The minimum Gasteiger partial charge on any atom is -0.393 e. The summed E-state index contributed by atoms with van der Waals surface area (Å²) in [5.74, 6) is 0.586. The quantitative estimate of drug-likeness (QED) is 0.793. The van der Waals surface area contributed by atoms with Crippen LogP contribution in [-0.2, 0) is 0 Å². The first kappa shape index (κ1) is 14.2. The number of nitrogens with one attached hydrogen (secondary N) is 1. The lowest BCUT2D eigenvalue weighted by molar-refractivity contribution is 0.182. The van der Waals surface area contributed by atoms with Gasteiger partial charge in [0.15, 0.2) is 0 Å². The maximum absolute atomic E-state index is 9.19. The molecule has 0 aliphatic carbocycles. The van der Waals surface area contributed by atoms with E-state index in [1.165, 1.54) is 11.1 Å². The summed E-state index contributed by atoms with van der Waals surface area (Å²) in [5, 5.41) is 12.6. The van der Waals surface area contributed by atoms with Crippen molar-refractivity contribution in [1.29, 1.82) is 0 Å². The van der Waals surface area contributed by atoms with Crippen LogP contribution < -0.4 is 5.32 Å². The van der Waals surface area contributed by atoms with Gasteiger partial charge in [0, 0.05) is 6.04 Å². The highest BCUT2D eigenvalue weighted by atomic mass is 16.3. The largest absolute Gasteiger partial charge is 0.393 e. The molecular weight excluding hydrogens is 210 g/mol. The first-order chi connectivity index (χ1) is 8.00. The second-order valence-electron chi connectivity index (χ2n) is 5.13. The van der Waals surface area contributed by atoms with Crippen LogP contribution in [0.2, 0.25) is 0 Å². The van der Waals surface area contributed by atoms with Crippen LogP contribution in [0.4, 0.5) is 0 Å². The predicted octanol–water partition coefficient (Wildman–Crippen LogP) is 3.23. The molecule has 2 nitrogen and oxygen atoms in total. The summed E-state index contributed by atoms with van der Waals surface area (Å²) in [6.45, 7) is 9.25. The summed E-state index contributed by atoms with van der Waals surface area (Å²) in [7, 11) is 0. The van der Waals surface area contributed by atoms with Crippen LogP contribution in [-0.4, -0.2) is 17.8 Å². The summed E-state index contributed by atoms with van der Waals surface area (Å²) in [5.41, 5.74) is 2.69. The number of aliphatic hydroxyl groups excluding tert-OH is 1. The minimum atomic E-state index is -0.224. The topological polar surface area (TPSA) is 32.3 Å². The maximum Gasteiger partial charge on any atom is 0.0524 e. The van der Waals surface area contributed by atoms with Gasteiger partial charge in [-0.2, -0.15) is 0 Å². The van der Waals surface area contributed by atoms with Gasteiger partial charge in [0.1, 0.15) is 0 Å². The molecule has 2 unspecified atom stereocenters. The summed E-state index contributed by atoms with van der Waals surface area (Å²) >= 11 is 0. The molecule has 0 spiro atoms. The van der Waals surface area contributed by atoms with E-state index in [-0.39, 0.29) is 6.10 Å². The third-order valence-corrected chi connectivity index (χ3v) is 3.12. The van der Waals surface area contributed by atoms with Crippen molar-refractivity contribution in [2.24, 2.45) is 0 Å². The molecule has 17 heavy (non-hydrogen) atoms. The Bertz CT molecular complexity index is 316. The summed E-state index contributed by atoms with van der Waals surface area (Å²) in [6, 6.07) is 9.12. The van der Waals surface area contributed by atoms with Gasteiger partial charge in [-0.3, -0.25) is 0 Å². The van der Waals surface area contributed by atoms with E-state index >= 15 is 0 Å². The van der Waals surface area contributed by atoms with Gasteiger partial charge >= 0.3 is 0 Å². The third-order valence-electron chi connectivity index (χ3n) is 3.12. The second kappa shape index (κ2) is 6.77. The molecule has 2 heteroatoms. The standard InChI is InChI=1S/C15H25NO/c1-11(2)14-5-7-15(8-6-14)13(4)16-10-9-12(3)17/h5-8,11-13,16-17H,9-10H2,1-4H3. The van der Waals surface area contributed by atoms with Gasteiger partial charge in [-0.05, 0) is 43.9 Å². The molecule has 0 aromatic heterocycles. The van der Waals surface area contributed by atoms with Crippen LogP contribution in [0.5, 0.6) is 0 Å². The first-order valence-corrected chi connectivity index (χ1v) is 6.52. The molecule has 2 N–H and O–H groups in total. The highest BCUT2D eigenvalue weighted by Gasteiger charge is 2.06. The van der Waals surface area contributed by atoms with Gasteiger partial charge in [0.25, 0.3) is 0 Å². The first-order valence-electron chi connectivity index (χ1n) is 6.52. The Hall–Kier alpha value is -0.860. The summed E-state index contributed by atoms with van der Waals surface area (Å²) in [4.78, 5) is 0. The van der Waals surface area contributed by atoms with E-state index in [0.717, 1.165) is 13.0 Å². The Morgan fingerprint density at radius 3 is 2.00 bits per heavy atom. The molecular formula is C15H25NO. The van der Waals surface area contributed by atoms with Crippen molar-refractivity contribution < 1.29 is 5.11 Å². The van der Waals surface area contributed by atoms with E-state index in [9.17, 15) is 5.11 Å². The Kier molecular flexibility index (Phi) is 5.66. The molecule has 0 saturated carbocycles. The normalized spacial score (nSPS) is 14.9. The van der Waals surface area contributed by atoms with Gasteiger partial charge < -0.3 is 10.4 Å². The van der Waals surface area contributed by atoms with Crippen molar-refractivity contribution in [3.63, 3.8) is 0 Å². The second-order valence-corrected chi connectivity index (χ2v) is 5.13. The van der Waals surface area contributed by atoms with Gasteiger partial charge in [0.05, 0.1) is 6.10 Å². The molecule has 1 rings (SSSR count). The van der Waals surface area contributed by atoms with Crippen molar-refractivity contribution >= 4 is 0 Å². The van der Waals surface area contributed by atoms with Crippen LogP contribution in [0.15, 0.2) is 24.3 Å². The Morgan fingerprint density at radius 2 is 1.53 bits per heavy atom. The smallest absolute Gasteiger partial charge is 0.0524 e. The lowest BCUT2D eigenvalue weighted by Crippen LogP contribution is -2.22. The van der Waals surface area contributed by atoms with Crippen molar-refractivity contribution in [1.82, 2.24) is 5.32 Å². The molecule has 96 valence electrons. The Morgan fingerprint density at radius 1 is 1.00 bits per heavy atom. The van der Waals surface area contributed by atoms with Crippen molar-refractivity contribution in [3.05, 3.63) is 35.4 Å². The average molecular weight is 235 g/mol. The molecule has 0 amide bonds. The van der Waals surface area contributed by atoms with Crippen LogP contribution in [0.25, 0.3) is 0 Å². The zero-order valence-corrected chi connectivity index (χ0v) is 11.4. The van der Waals surface area contributed by atoms with E-state index in [1.807, 2.05) is 6.92 Å². The molecule has 0 bridgehead atoms. The lowest BCUT2D eigenvalue weighted by Gasteiger charge is -2.16. The molecule has 0 saturated heterocycles. The Balaban J connectivity index is 2.48. The summed E-state index contributed by atoms with van der Waals surface area (Å²) < 4.78 is 0. The number of rotatable bonds is 6. The Labute approximate surface area is 105 Å².